The van der Waals surface area contributed by atoms with Gasteiger partial charge in [-0.3, -0.25) is 19.5 Å². The molecule has 2 aromatic carbocycles. The largest absolute Gasteiger partial charge is 0.480 e. The van der Waals surface area contributed by atoms with E-state index in [1.54, 1.807) is 13.0 Å². The SMILES string of the molecule is C[C@H](N[C@@H](CCc1ccccc1)C(=O)OCCOc1no[n+]([O-])c1C#N)C(=O)N1Cc2ccccc2C[C@H]1C(=O)O. The molecule has 214 valence electrons. The van der Waals surface area contributed by atoms with E-state index in [-0.39, 0.29) is 37.0 Å². The van der Waals surface area contributed by atoms with Crippen molar-refractivity contribution in [2.75, 3.05) is 13.2 Å². The van der Waals surface area contributed by atoms with Crippen molar-refractivity contribution < 1.29 is 38.5 Å². The lowest BCUT2D eigenvalue weighted by atomic mass is 9.93. The van der Waals surface area contributed by atoms with Crippen LogP contribution in [0.25, 0.3) is 0 Å². The van der Waals surface area contributed by atoms with E-state index in [4.69, 9.17) is 14.7 Å². The molecule has 0 saturated carbocycles. The fourth-order valence-electron chi connectivity index (χ4n) is 4.62. The molecule has 1 aliphatic heterocycles. The molecule has 1 aliphatic rings. The van der Waals surface area contributed by atoms with Gasteiger partial charge >= 0.3 is 23.5 Å². The number of hydrogen-bond donors (Lipinski definition) is 2. The standard InChI is InChI=1S/C28H29N5O8/c1-18(26(34)32-17-21-10-6-5-9-20(21)15-23(32)27(35)36)30-22(12-11-19-7-3-2-4-8-19)28(37)40-14-13-39-25-24(16-29)33(38)41-31-25/h2-10,18,22-23,30H,11-15,17H2,1H3,(H,35,36)/t18-,22-,23-/m0/s1. The van der Waals surface area contributed by atoms with Crippen molar-refractivity contribution in [1.29, 1.82) is 5.26 Å². The number of esters is 1. The van der Waals surface area contributed by atoms with Crippen LogP contribution in [0.2, 0.25) is 0 Å². The molecule has 13 heteroatoms. The number of nitriles is 1. The van der Waals surface area contributed by atoms with E-state index in [0.717, 1.165) is 16.7 Å². The highest BCUT2D eigenvalue weighted by molar-refractivity contribution is 5.88. The second-order valence-electron chi connectivity index (χ2n) is 9.47. The molecule has 1 amide bonds. The summed E-state index contributed by atoms with van der Waals surface area (Å²) in [5.41, 5.74) is 2.27. The number of nitrogens with zero attached hydrogens (tertiary/aromatic N) is 4. The fourth-order valence-corrected chi connectivity index (χ4v) is 4.62. The van der Waals surface area contributed by atoms with Gasteiger partial charge in [0, 0.05) is 13.0 Å². The van der Waals surface area contributed by atoms with Gasteiger partial charge in [-0.1, -0.05) is 54.6 Å². The number of carboxylic acid groups (broad SMARTS) is 1. The van der Waals surface area contributed by atoms with Crippen LogP contribution in [-0.4, -0.2) is 64.3 Å². The van der Waals surface area contributed by atoms with Crippen molar-refractivity contribution in [2.45, 2.75) is 50.9 Å². The third kappa shape index (κ3) is 7.17. The molecule has 4 rings (SSSR count). The van der Waals surface area contributed by atoms with Gasteiger partial charge in [-0.05, 0) is 41.4 Å². The molecule has 0 unspecified atom stereocenters. The van der Waals surface area contributed by atoms with Crippen LogP contribution in [0.5, 0.6) is 5.88 Å². The zero-order chi connectivity index (χ0) is 29.4. The van der Waals surface area contributed by atoms with E-state index in [0.29, 0.717) is 12.8 Å². The summed E-state index contributed by atoms with van der Waals surface area (Å²) in [6.07, 6.45) is 0.993. The molecule has 1 aromatic heterocycles. The van der Waals surface area contributed by atoms with Gasteiger partial charge in [-0.2, -0.15) is 5.26 Å². The Morgan fingerprint density at radius 3 is 2.61 bits per heavy atom. The van der Waals surface area contributed by atoms with E-state index in [9.17, 15) is 24.7 Å². The Morgan fingerprint density at radius 2 is 1.90 bits per heavy atom. The van der Waals surface area contributed by atoms with Crippen LogP contribution >= 0.6 is 0 Å². The Bertz CT molecular complexity index is 1420. The number of aliphatic carboxylic acids is 1. The molecule has 0 saturated heterocycles. The lowest BCUT2D eigenvalue weighted by Gasteiger charge is -2.36. The summed E-state index contributed by atoms with van der Waals surface area (Å²) in [7, 11) is 0. The number of ether oxygens (including phenoxy) is 2. The minimum atomic E-state index is -1.10. The van der Waals surface area contributed by atoms with Crippen molar-refractivity contribution in [3.8, 4) is 11.9 Å². The number of aryl methyl sites for hydroxylation is 1. The molecule has 0 bridgehead atoms. The topological polar surface area (TPSA) is 182 Å². The van der Waals surface area contributed by atoms with Gasteiger partial charge in [0.2, 0.25) is 5.91 Å². The number of rotatable bonds is 12. The van der Waals surface area contributed by atoms with Crippen LogP contribution < -0.4 is 15.0 Å². The summed E-state index contributed by atoms with van der Waals surface area (Å²) < 4.78 is 14.9. The molecule has 0 aliphatic carbocycles. The average Bonchev–Trinajstić information content (AvgIpc) is 3.35. The van der Waals surface area contributed by atoms with Crippen molar-refractivity contribution in [2.24, 2.45) is 0 Å². The van der Waals surface area contributed by atoms with E-state index < -0.39 is 41.7 Å². The van der Waals surface area contributed by atoms with Gasteiger partial charge in [-0.15, -0.1) is 0 Å². The Kier molecular flexibility index (Phi) is 9.49. The third-order valence-corrected chi connectivity index (χ3v) is 6.74. The molecule has 3 aromatic rings. The predicted molar refractivity (Wildman–Crippen MR) is 140 cm³/mol. The van der Waals surface area contributed by atoms with Gasteiger partial charge < -0.3 is 24.7 Å². The molecule has 0 fully saturated rings. The van der Waals surface area contributed by atoms with Crippen LogP contribution in [0.1, 0.15) is 35.7 Å². The van der Waals surface area contributed by atoms with Gasteiger partial charge in [0.1, 0.15) is 25.3 Å². The van der Waals surface area contributed by atoms with E-state index in [2.05, 4.69) is 15.1 Å². The minimum Gasteiger partial charge on any atom is -0.480 e. The summed E-state index contributed by atoms with van der Waals surface area (Å²) in [4.78, 5) is 39.8. The van der Waals surface area contributed by atoms with Gasteiger partial charge in [0.15, 0.2) is 6.07 Å². The number of carbonyl (C=O) groups is 3. The van der Waals surface area contributed by atoms with Crippen LogP contribution in [0.15, 0.2) is 59.2 Å². The molecule has 0 spiro atoms. The lowest BCUT2D eigenvalue weighted by molar-refractivity contribution is -0.804. The van der Waals surface area contributed by atoms with Crippen LogP contribution in [0.4, 0.5) is 0 Å². The van der Waals surface area contributed by atoms with E-state index in [1.165, 1.54) is 4.90 Å². The van der Waals surface area contributed by atoms with Crippen LogP contribution in [0.3, 0.4) is 0 Å². The van der Waals surface area contributed by atoms with E-state index in [1.807, 2.05) is 54.6 Å². The predicted octanol–water partition coefficient (Wildman–Crippen LogP) is 1.12. The maximum absolute atomic E-state index is 13.5. The molecule has 41 heavy (non-hydrogen) atoms. The zero-order valence-electron chi connectivity index (χ0n) is 22.3. The van der Waals surface area contributed by atoms with Gasteiger partial charge in [0.05, 0.1) is 11.2 Å². The lowest BCUT2D eigenvalue weighted by Crippen LogP contribution is -2.56. The van der Waals surface area contributed by atoms with Gasteiger partial charge in [0.25, 0.3) is 0 Å². The van der Waals surface area contributed by atoms with Crippen LogP contribution in [-0.2, 0) is 38.5 Å². The van der Waals surface area contributed by atoms with Crippen LogP contribution in [0, 0.1) is 16.5 Å². The Balaban J connectivity index is 1.41. The number of amides is 1. The first-order valence-corrected chi connectivity index (χ1v) is 13.0. The molecule has 13 nitrogen and oxygen atoms in total. The normalized spacial score (nSPS) is 15.7. The molecule has 2 N–H and O–H groups in total. The van der Waals surface area contributed by atoms with Crippen molar-refractivity contribution >= 4 is 17.8 Å². The molecule has 2 heterocycles. The fraction of sp³-hybridized carbons (Fsp3) is 0.357. The van der Waals surface area contributed by atoms with Crippen molar-refractivity contribution in [3.05, 3.63) is 82.2 Å². The number of carbonyl (C=O) groups excluding carboxylic acids is 2. The highest BCUT2D eigenvalue weighted by Crippen LogP contribution is 2.24. The first kappa shape index (κ1) is 29.0. The highest BCUT2D eigenvalue weighted by Gasteiger charge is 2.37. The number of aromatic nitrogens is 2. The average molecular weight is 564 g/mol. The minimum absolute atomic E-state index is 0.0981. The summed E-state index contributed by atoms with van der Waals surface area (Å²) in [6.45, 7) is 1.29. The number of carboxylic acids is 1. The first-order chi connectivity index (χ1) is 19.8. The first-order valence-electron chi connectivity index (χ1n) is 13.0. The molecular weight excluding hydrogens is 534 g/mol. The zero-order valence-corrected chi connectivity index (χ0v) is 22.3. The maximum Gasteiger partial charge on any atom is 0.413 e. The molecule has 3 atom stereocenters. The molecule has 0 radical (unpaired) electrons. The van der Waals surface area contributed by atoms with Crippen molar-refractivity contribution in [3.63, 3.8) is 0 Å². The van der Waals surface area contributed by atoms with Crippen molar-refractivity contribution in [1.82, 2.24) is 15.4 Å². The maximum atomic E-state index is 13.5. The summed E-state index contributed by atoms with van der Waals surface area (Å²) >= 11 is 0. The molecular formula is C28H29N5O8. The quantitative estimate of drug-likeness (QED) is 0.183. The van der Waals surface area contributed by atoms with Gasteiger partial charge in [-0.25, -0.2) is 4.79 Å². The Morgan fingerprint density at radius 1 is 1.20 bits per heavy atom. The second-order valence-corrected chi connectivity index (χ2v) is 9.47. The monoisotopic (exact) mass is 563 g/mol. The number of benzene rings is 2. The Labute approximate surface area is 235 Å². The highest BCUT2D eigenvalue weighted by atomic mass is 16.8. The summed E-state index contributed by atoms with van der Waals surface area (Å²) in [5.74, 6) is -2.53. The summed E-state index contributed by atoms with van der Waals surface area (Å²) in [5, 5.41) is 36.5. The number of nitrogens with one attached hydrogen (secondary N) is 1. The number of fused-ring (bicyclic) bond motifs is 1. The summed E-state index contributed by atoms with van der Waals surface area (Å²) in [6, 6.07) is 15.6. The number of hydrogen-bond acceptors (Lipinski definition) is 10. The van der Waals surface area contributed by atoms with E-state index >= 15 is 0 Å². The smallest absolute Gasteiger partial charge is 0.413 e. The second kappa shape index (κ2) is 13.4. The third-order valence-electron chi connectivity index (χ3n) is 6.74. The Hall–Kier alpha value is -4.96.